The second-order valence-corrected chi connectivity index (χ2v) is 7.41. The standard InChI is InChI=1S/C23H20N4O2/c1-4-14-8-9-27-17(10-14)18(13(3)26-27)20-19(22(28)25-23(20)29)16-11-24-21-12(2)6-5-7-15(16)21/h5-11,24H,4H2,1-3H3,(H,25,28,29). The second-order valence-electron chi connectivity index (χ2n) is 7.41. The molecule has 4 aromatic rings. The van der Waals surface area contributed by atoms with E-state index in [4.69, 9.17) is 0 Å². The van der Waals surface area contributed by atoms with Gasteiger partial charge in [0, 0.05) is 34.4 Å². The first-order valence-corrected chi connectivity index (χ1v) is 9.65. The van der Waals surface area contributed by atoms with E-state index in [1.807, 2.05) is 56.6 Å². The fourth-order valence-corrected chi connectivity index (χ4v) is 4.20. The monoisotopic (exact) mass is 384 g/mol. The first-order chi connectivity index (χ1) is 14.0. The quantitative estimate of drug-likeness (QED) is 0.530. The Bertz CT molecular complexity index is 1370. The highest BCUT2D eigenvalue weighted by molar-refractivity contribution is 6.50. The van der Waals surface area contributed by atoms with E-state index in [1.54, 1.807) is 4.52 Å². The number of H-pyrrole nitrogens is 1. The molecule has 6 nitrogen and oxygen atoms in total. The van der Waals surface area contributed by atoms with Crippen LogP contribution in [0.2, 0.25) is 0 Å². The Morgan fingerprint density at radius 2 is 1.86 bits per heavy atom. The predicted octanol–water partition coefficient (Wildman–Crippen LogP) is 3.56. The van der Waals surface area contributed by atoms with Gasteiger partial charge in [-0.25, -0.2) is 4.52 Å². The summed E-state index contributed by atoms with van der Waals surface area (Å²) in [6.45, 7) is 5.97. The topological polar surface area (TPSA) is 79.3 Å². The molecule has 29 heavy (non-hydrogen) atoms. The Morgan fingerprint density at radius 3 is 2.66 bits per heavy atom. The third-order valence-electron chi connectivity index (χ3n) is 5.66. The molecule has 0 atom stereocenters. The molecule has 1 aliphatic rings. The first-order valence-electron chi connectivity index (χ1n) is 9.65. The minimum absolute atomic E-state index is 0.377. The molecule has 2 amide bonds. The van der Waals surface area contributed by atoms with E-state index < -0.39 is 0 Å². The Labute approximate surface area is 167 Å². The lowest BCUT2D eigenvalue weighted by molar-refractivity contribution is -0.122. The molecule has 0 aliphatic carbocycles. The molecule has 1 aliphatic heterocycles. The summed E-state index contributed by atoms with van der Waals surface area (Å²) in [5.41, 5.74) is 6.96. The lowest BCUT2D eigenvalue weighted by Gasteiger charge is -2.05. The normalized spacial score (nSPS) is 14.4. The minimum Gasteiger partial charge on any atom is -0.360 e. The summed E-state index contributed by atoms with van der Waals surface area (Å²) in [4.78, 5) is 29.0. The lowest BCUT2D eigenvalue weighted by Crippen LogP contribution is -2.22. The molecular weight excluding hydrogens is 364 g/mol. The van der Waals surface area contributed by atoms with Crippen LogP contribution in [0, 0.1) is 13.8 Å². The Balaban J connectivity index is 1.86. The number of imide groups is 1. The Hall–Kier alpha value is -3.67. The van der Waals surface area contributed by atoms with Gasteiger partial charge in [-0.15, -0.1) is 0 Å². The van der Waals surface area contributed by atoms with Crippen molar-refractivity contribution in [3.05, 3.63) is 70.7 Å². The van der Waals surface area contributed by atoms with Gasteiger partial charge in [0.1, 0.15) is 0 Å². The fraction of sp³-hybridized carbons (Fsp3) is 0.174. The van der Waals surface area contributed by atoms with E-state index in [-0.39, 0.29) is 11.8 Å². The van der Waals surface area contributed by atoms with Gasteiger partial charge < -0.3 is 4.98 Å². The fourth-order valence-electron chi connectivity index (χ4n) is 4.20. The van der Waals surface area contributed by atoms with Gasteiger partial charge in [0.05, 0.1) is 22.4 Å². The average molecular weight is 384 g/mol. The summed E-state index contributed by atoms with van der Waals surface area (Å²) >= 11 is 0. The van der Waals surface area contributed by atoms with Crippen molar-refractivity contribution >= 4 is 39.4 Å². The molecule has 2 N–H and O–H groups in total. The Kier molecular flexibility index (Phi) is 3.71. The molecule has 6 heteroatoms. The molecule has 1 aromatic carbocycles. The van der Waals surface area contributed by atoms with E-state index in [0.717, 1.165) is 39.5 Å². The maximum Gasteiger partial charge on any atom is 0.259 e. The van der Waals surface area contributed by atoms with Crippen molar-refractivity contribution < 1.29 is 9.59 Å². The highest BCUT2D eigenvalue weighted by Crippen LogP contribution is 2.38. The number of aryl methyl sites for hydroxylation is 3. The van der Waals surface area contributed by atoms with Gasteiger partial charge in [-0.3, -0.25) is 14.9 Å². The number of para-hydroxylation sites is 1. The van der Waals surface area contributed by atoms with Crippen LogP contribution in [0.25, 0.3) is 27.6 Å². The molecule has 4 heterocycles. The molecule has 0 bridgehead atoms. The van der Waals surface area contributed by atoms with Crippen molar-refractivity contribution in [3.63, 3.8) is 0 Å². The van der Waals surface area contributed by atoms with E-state index in [9.17, 15) is 9.59 Å². The second kappa shape index (κ2) is 6.17. The highest BCUT2D eigenvalue weighted by atomic mass is 16.2. The van der Waals surface area contributed by atoms with Crippen LogP contribution >= 0.6 is 0 Å². The van der Waals surface area contributed by atoms with Gasteiger partial charge in [0.25, 0.3) is 11.8 Å². The molecule has 0 spiro atoms. The number of fused-ring (bicyclic) bond motifs is 2. The molecule has 0 saturated heterocycles. The van der Waals surface area contributed by atoms with Crippen LogP contribution < -0.4 is 5.32 Å². The van der Waals surface area contributed by atoms with Crippen LogP contribution in [0.4, 0.5) is 0 Å². The van der Waals surface area contributed by atoms with E-state index in [1.165, 1.54) is 0 Å². The Morgan fingerprint density at radius 1 is 1.07 bits per heavy atom. The number of nitrogens with one attached hydrogen (secondary N) is 2. The highest BCUT2D eigenvalue weighted by Gasteiger charge is 2.36. The zero-order valence-electron chi connectivity index (χ0n) is 16.5. The number of aromatic nitrogens is 3. The van der Waals surface area contributed by atoms with Crippen molar-refractivity contribution in [2.24, 2.45) is 0 Å². The van der Waals surface area contributed by atoms with E-state index in [2.05, 4.69) is 22.3 Å². The van der Waals surface area contributed by atoms with E-state index >= 15 is 0 Å². The third kappa shape index (κ3) is 2.45. The van der Waals surface area contributed by atoms with Crippen molar-refractivity contribution in [2.75, 3.05) is 0 Å². The summed E-state index contributed by atoms with van der Waals surface area (Å²) in [7, 11) is 0. The molecule has 5 rings (SSSR count). The summed E-state index contributed by atoms with van der Waals surface area (Å²) < 4.78 is 1.77. The smallest absolute Gasteiger partial charge is 0.259 e. The van der Waals surface area contributed by atoms with Crippen LogP contribution in [0.1, 0.15) is 34.9 Å². The number of carbonyl (C=O) groups excluding carboxylic acids is 2. The minimum atomic E-state index is -0.382. The maximum absolute atomic E-state index is 12.9. The van der Waals surface area contributed by atoms with Crippen LogP contribution in [0.5, 0.6) is 0 Å². The van der Waals surface area contributed by atoms with Crippen molar-refractivity contribution in [3.8, 4) is 0 Å². The molecule has 0 unspecified atom stereocenters. The number of rotatable bonds is 3. The van der Waals surface area contributed by atoms with Gasteiger partial charge >= 0.3 is 0 Å². The molecule has 0 radical (unpaired) electrons. The average Bonchev–Trinajstić information content (AvgIpc) is 3.34. The van der Waals surface area contributed by atoms with Crippen LogP contribution in [0.15, 0.2) is 42.7 Å². The molecule has 144 valence electrons. The zero-order valence-corrected chi connectivity index (χ0v) is 16.5. The number of nitrogens with zero attached hydrogens (tertiary/aromatic N) is 2. The van der Waals surface area contributed by atoms with Crippen molar-refractivity contribution in [1.82, 2.24) is 19.9 Å². The molecule has 0 fully saturated rings. The number of hydrogen-bond donors (Lipinski definition) is 2. The molecular formula is C23H20N4O2. The summed E-state index contributed by atoms with van der Waals surface area (Å²) in [5.74, 6) is -0.760. The number of aromatic amines is 1. The maximum atomic E-state index is 12.9. The van der Waals surface area contributed by atoms with E-state index in [0.29, 0.717) is 22.4 Å². The summed E-state index contributed by atoms with van der Waals surface area (Å²) in [5, 5.41) is 7.98. The lowest BCUT2D eigenvalue weighted by atomic mass is 9.94. The predicted molar refractivity (Wildman–Crippen MR) is 112 cm³/mol. The van der Waals surface area contributed by atoms with Gasteiger partial charge in [-0.2, -0.15) is 5.10 Å². The van der Waals surface area contributed by atoms with Crippen LogP contribution in [0.3, 0.4) is 0 Å². The summed E-state index contributed by atoms with van der Waals surface area (Å²) in [6.07, 6.45) is 4.58. The molecule has 3 aromatic heterocycles. The van der Waals surface area contributed by atoms with Gasteiger partial charge in [-0.05, 0) is 43.5 Å². The van der Waals surface area contributed by atoms with Crippen LogP contribution in [-0.2, 0) is 16.0 Å². The van der Waals surface area contributed by atoms with Gasteiger partial charge in [0.2, 0.25) is 0 Å². The number of benzene rings is 1. The van der Waals surface area contributed by atoms with Crippen LogP contribution in [-0.4, -0.2) is 26.4 Å². The van der Waals surface area contributed by atoms with Gasteiger partial charge in [0.15, 0.2) is 0 Å². The number of carbonyl (C=O) groups is 2. The van der Waals surface area contributed by atoms with Gasteiger partial charge in [-0.1, -0.05) is 25.1 Å². The van der Waals surface area contributed by atoms with Crippen molar-refractivity contribution in [2.45, 2.75) is 27.2 Å². The molecule has 0 saturated carbocycles. The number of hydrogen-bond acceptors (Lipinski definition) is 3. The largest absolute Gasteiger partial charge is 0.360 e. The zero-order chi connectivity index (χ0) is 20.3. The van der Waals surface area contributed by atoms with Crippen molar-refractivity contribution in [1.29, 1.82) is 0 Å². The number of pyridine rings is 1. The summed E-state index contributed by atoms with van der Waals surface area (Å²) in [6, 6.07) is 9.99. The number of amides is 2. The third-order valence-corrected chi connectivity index (χ3v) is 5.66. The SMILES string of the molecule is CCc1ccn2nc(C)c(C3=C(c4c[nH]c5c(C)cccc45)C(=O)NC3=O)c2c1. The first kappa shape index (κ1) is 17.4.